The van der Waals surface area contributed by atoms with E-state index in [0.717, 1.165) is 44.7 Å². The van der Waals surface area contributed by atoms with Crippen LogP contribution < -0.4 is 10.2 Å². The topological polar surface area (TPSA) is 107 Å². The van der Waals surface area contributed by atoms with E-state index in [1.165, 1.54) is 0 Å². The van der Waals surface area contributed by atoms with Crippen molar-refractivity contribution in [3.05, 3.63) is 30.7 Å². The van der Waals surface area contributed by atoms with Gasteiger partial charge in [0, 0.05) is 82.5 Å². The smallest absolute Gasteiger partial charge is 0.249 e. The van der Waals surface area contributed by atoms with Crippen LogP contribution in [0.4, 0.5) is 26.1 Å². The van der Waals surface area contributed by atoms with Gasteiger partial charge in [-0.15, -0.1) is 5.10 Å². The van der Waals surface area contributed by atoms with Gasteiger partial charge in [-0.1, -0.05) is 0 Å². The Morgan fingerprint density at radius 2 is 1.83 bits per heavy atom. The van der Waals surface area contributed by atoms with Gasteiger partial charge in [-0.2, -0.15) is 10.1 Å². The molecule has 14 heteroatoms. The molecule has 2 unspecified atom stereocenters. The number of amides is 2. The van der Waals surface area contributed by atoms with E-state index in [2.05, 4.69) is 32.4 Å². The first kappa shape index (κ1) is 26.1. The van der Waals surface area contributed by atoms with Crippen LogP contribution in [0.1, 0.15) is 25.7 Å². The third kappa shape index (κ3) is 4.98. The van der Waals surface area contributed by atoms with Crippen molar-refractivity contribution in [1.29, 1.82) is 0 Å². The number of aromatic nitrogens is 5. The van der Waals surface area contributed by atoms with E-state index in [0.29, 0.717) is 30.4 Å². The van der Waals surface area contributed by atoms with Crippen LogP contribution in [-0.4, -0.2) is 115 Å². The number of fused-ring (bicyclic) bond motifs is 3. The highest BCUT2D eigenvalue weighted by Crippen LogP contribution is 2.45. The number of halogens is 2. The maximum Gasteiger partial charge on any atom is 0.249 e. The Kier molecular flexibility index (Phi) is 6.32. The molecular weight excluding hydrogens is 534 g/mol. The molecule has 2 bridgehead atoms. The fraction of sp³-hybridized carbons (Fsp3) is 0.593. The Bertz CT molecular complexity index is 1440. The van der Waals surface area contributed by atoms with E-state index >= 15 is 0 Å². The molecule has 12 nitrogen and oxygen atoms in total. The largest absolute Gasteiger partial charge is 0.364 e. The summed E-state index contributed by atoms with van der Waals surface area (Å²) >= 11 is 0. The van der Waals surface area contributed by atoms with E-state index in [4.69, 9.17) is 4.98 Å². The molecule has 3 aliphatic heterocycles. The van der Waals surface area contributed by atoms with E-state index in [1.807, 2.05) is 28.1 Å². The normalized spacial score (nSPS) is 24.6. The van der Waals surface area contributed by atoms with Gasteiger partial charge >= 0.3 is 0 Å². The number of carbonyl (C=O) groups is 2. The highest BCUT2D eigenvalue weighted by Gasteiger charge is 2.53. The van der Waals surface area contributed by atoms with Gasteiger partial charge in [0.1, 0.15) is 6.54 Å². The molecule has 6 heterocycles. The predicted molar refractivity (Wildman–Crippen MR) is 146 cm³/mol. The van der Waals surface area contributed by atoms with Crippen LogP contribution in [0.3, 0.4) is 0 Å². The quantitative estimate of drug-likeness (QED) is 0.479. The number of carbonyl (C=O) groups excluding carboxylic acids is 2. The minimum Gasteiger partial charge on any atom is -0.364 e. The number of piperazine rings is 2. The second-order valence-electron chi connectivity index (χ2n) is 11.8. The molecular formula is C27H34F2N10O2. The van der Waals surface area contributed by atoms with E-state index < -0.39 is 11.8 Å². The number of alkyl halides is 2. The molecule has 0 radical (unpaired) electrons. The van der Waals surface area contributed by atoms with Crippen molar-refractivity contribution in [1.82, 2.24) is 39.1 Å². The molecule has 3 aromatic rings. The summed E-state index contributed by atoms with van der Waals surface area (Å²) in [5, 5.41) is 12.1. The zero-order chi connectivity index (χ0) is 28.3. The van der Waals surface area contributed by atoms with Crippen molar-refractivity contribution in [2.75, 3.05) is 56.5 Å². The molecule has 7 rings (SSSR count). The number of rotatable bonds is 6. The van der Waals surface area contributed by atoms with Crippen molar-refractivity contribution < 1.29 is 18.4 Å². The van der Waals surface area contributed by atoms with E-state index in [1.54, 1.807) is 21.6 Å². The molecule has 1 saturated carbocycles. The molecule has 218 valence electrons. The SMILES string of the molecule is CN1CCN(C(=O)Cn2cc(Nc3nc4c(N5CC6CCC(C5)N6C(=O)C5CC(F)(F)C5)cccn4n3)cn2)CC1. The summed E-state index contributed by atoms with van der Waals surface area (Å²) in [6.07, 6.45) is 6.35. The summed E-state index contributed by atoms with van der Waals surface area (Å²) in [6.45, 7) is 4.63. The summed E-state index contributed by atoms with van der Waals surface area (Å²) in [6, 6.07) is 3.93. The number of nitrogens with one attached hydrogen (secondary N) is 1. The minimum atomic E-state index is -2.70. The number of pyridine rings is 1. The molecule has 4 fully saturated rings. The summed E-state index contributed by atoms with van der Waals surface area (Å²) in [4.78, 5) is 38.6. The van der Waals surface area contributed by atoms with Gasteiger partial charge in [0.2, 0.25) is 23.7 Å². The summed E-state index contributed by atoms with van der Waals surface area (Å²) in [5.41, 5.74) is 2.28. The Morgan fingerprint density at radius 3 is 2.54 bits per heavy atom. The number of hydrogen-bond donors (Lipinski definition) is 1. The second-order valence-corrected chi connectivity index (χ2v) is 11.8. The van der Waals surface area contributed by atoms with Crippen LogP contribution in [0.25, 0.3) is 5.65 Å². The molecule has 41 heavy (non-hydrogen) atoms. The molecule has 3 saturated heterocycles. The molecule has 2 atom stereocenters. The predicted octanol–water partition coefficient (Wildman–Crippen LogP) is 1.67. The number of anilines is 3. The lowest BCUT2D eigenvalue weighted by Gasteiger charge is -2.45. The second kappa shape index (κ2) is 9.93. The highest BCUT2D eigenvalue weighted by molar-refractivity contribution is 5.82. The van der Waals surface area contributed by atoms with Crippen LogP contribution in [-0.2, 0) is 16.1 Å². The van der Waals surface area contributed by atoms with Gasteiger partial charge in [0.05, 0.1) is 17.6 Å². The number of likely N-dealkylation sites (N-methyl/N-ethyl adjacent to an activating group) is 1. The Morgan fingerprint density at radius 1 is 1.10 bits per heavy atom. The molecule has 1 aliphatic carbocycles. The number of hydrogen-bond acceptors (Lipinski definition) is 8. The standard InChI is InChI=1S/C27H34F2N10O2/c1-34-7-9-35(10-8-34)23(40)17-37-14-19(13-30-37)31-26-32-24-22(3-2-6-38(24)33-26)36-15-20-4-5-21(16-36)39(20)25(41)18-11-27(28,29)12-18/h2-3,6,13-14,18,20-21H,4-5,7-12,15-17H2,1H3,(H,31,33). The average molecular weight is 569 g/mol. The lowest BCUT2D eigenvalue weighted by atomic mass is 9.80. The average Bonchev–Trinajstić information content (AvgIpc) is 3.62. The maximum atomic E-state index is 13.4. The Balaban J connectivity index is 1.02. The first-order valence-electron chi connectivity index (χ1n) is 14.3. The fourth-order valence-electron chi connectivity index (χ4n) is 6.64. The van der Waals surface area contributed by atoms with Crippen molar-refractivity contribution in [3.8, 4) is 0 Å². The summed E-state index contributed by atoms with van der Waals surface area (Å²) in [7, 11) is 2.06. The monoisotopic (exact) mass is 568 g/mol. The van der Waals surface area contributed by atoms with E-state index in [-0.39, 0.29) is 43.3 Å². The third-order valence-electron chi connectivity index (χ3n) is 8.90. The van der Waals surface area contributed by atoms with E-state index in [9.17, 15) is 18.4 Å². The van der Waals surface area contributed by atoms with Gasteiger partial charge in [0.15, 0.2) is 5.65 Å². The highest BCUT2D eigenvalue weighted by atomic mass is 19.3. The van der Waals surface area contributed by atoms with Crippen molar-refractivity contribution in [2.24, 2.45) is 5.92 Å². The van der Waals surface area contributed by atoms with Crippen LogP contribution in [0, 0.1) is 5.92 Å². The molecule has 2 amide bonds. The molecule has 4 aliphatic rings. The lowest BCUT2D eigenvalue weighted by Crippen LogP contribution is -2.59. The Labute approximate surface area is 235 Å². The lowest BCUT2D eigenvalue weighted by molar-refractivity contribution is -0.162. The molecule has 0 aromatic carbocycles. The van der Waals surface area contributed by atoms with Crippen LogP contribution in [0.15, 0.2) is 30.7 Å². The number of nitrogens with zero attached hydrogens (tertiary/aromatic N) is 9. The summed E-state index contributed by atoms with van der Waals surface area (Å²) in [5.74, 6) is -2.91. The van der Waals surface area contributed by atoms with Gasteiger partial charge in [-0.25, -0.2) is 13.3 Å². The third-order valence-corrected chi connectivity index (χ3v) is 8.90. The van der Waals surface area contributed by atoms with Gasteiger partial charge in [0.25, 0.3) is 0 Å². The Hall–Kier alpha value is -3.81. The van der Waals surface area contributed by atoms with Crippen LogP contribution in [0.2, 0.25) is 0 Å². The fourth-order valence-corrected chi connectivity index (χ4v) is 6.64. The molecule has 3 aromatic heterocycles. The van der Waals surface area contributed by atoms with Gasteiger partial charge < -0.3 is 24.9 Å². The van der Waals surface area contributed by atoms with Crippen LogP contribution >= 0.6 is 0 Å². The van der Waals surface area contributed by atoms with Gasteiger partial charge in [-0.3, -0.25) is 14.3 Å². The minimum absolute atomic E-state index is 0.00985. The summed E-state index contributed by atoms with van der Waals surface area (Å²) < 4.78 is 30.2. The first-order valence-corrected chi connectivity index (χ1v) is 14.3. The van der Waals surface area contributed by atoms with Gasteiger partial charge in [-0.05, 0) is 32.0 Å². The first-order chi connectivity index (χ1) is 19.7. The zero-order valence-electron chi connectivity index (χ0n) is 23.0. The van der Waals surface area contributed by atoms with Crippen LogP contribution in [0.5, 0.6) is 0 Å². The zero-order valence-corrected chi connectivity index (χ0v) is 23.0. The van der Waals surface area contributed by atoms with Crippen molar-refractivity contribution in [2.45, 2.75) is 50.2 Å². The molecule has 0 spiro atoms. The molecule has 1 N–H and O–H groups in total. The van der Waals surface area contributed by atoms with Crippen molar-refractivity contribution in [3.63, 3.8) is 0 Å². The van der Waals surface area contributed by atoms with Crippen molar-refractivity contribution >= 4 is 34.8 Å². The maximum absolute atomic E-state index is 13.4.